The maximum atomic E-state index is 11.9. The molecule has 0 saturated carbocycles. The highest BCUT2D eigenvalue weighted by Crippen LogP contribution is 2.16. The van der Waals surface area contributed by atoms with Crippen molar-refractivity contribution in [1.82, 2.24) is 14.9 Å². The molecule has 0 N–H and O–H groups in total. The van der Waals surface area contributed by atoms with Crippen molar-refractivity contribution in [3.05, 3.63) is 24.3 Å². The zero-order valence-corrected chi connectivity index (χ0v) is 8.89. The van der Waals surface area contributed by atoms with Crippen LogP contribution in [0.3, 0.4) is 0 Å². The molecule has 4 nitrogen and oxygen atoms in total. The summed E-state index contributed by atoms with van der Waals surface area (Å²) in [6, 6.07) is 1.72. The zero-order valence-electron chi connectivity index (χ0n) is 8.89. The van der Waals surface area contributed by atoms with Gasteiger partial charge >= 0.3 is 0 Å². The van der Waals surface area contributed by atoms with Gasteiger partial charge in [-0.1, -0.05) is 6.92 Å². The van der Waals surface area contributed by atoms with Gasteiger partial charge in [0.2, 0.25) is 5.82 Å². The van der Waals surface area contributed by atoms with Crippen LogP contribution in [0.5, 0.6) is 0 Å². The van der Waals surface area contributed by atoms with Crippen LogP contribution in [-0.4, -0.2) is 33.9 Å². The predicted molar refractivity (Wildman–Crippen MR) is 56.3 cm³/mol. The Kier molecular flexibility index (Phi) is 2.94. The minimum atomic E-state index is -0.0397. The summed E-state index contributed by atoms with van der Waals surface area (Å²) < 4.78 is 0. The molecule has 0 spiro atoms. The van der Waals surface area contributed by atoms with Crippen LogP contribution >= 0.6 is 0 Å². The third kappa shape index (κ3) is 2.32. The van der Waals surface area contributed by atoms with Gasteiger partial charge in [-0.15, -0.1) is 0 Å². The second-order valence-corrected chi connectivity index (χ2v) is 4.07. The first-order chi connectivity index (χ1) is 7.27. The number of carbonyl (C=O) groups is 1. The second-order valence-electron chi connectivity index (χ2n) is 4.07. The van der Waals surface area contributed by atoms with Crippen LogP contribution in [0, 0.1) is 5.92 Å². The van der Waals surface area contributed by atoms with Crippen molar-refractivity contribution in [2.24, 2.45) is 5.92 Å². The molecular formula is C11H15N3O. The number of amides is 1. The Morgan fingerprint density at radius 1 is 1.47 bits per heavy atom. The average molecular weight is 205 g/mol. The minimum absolute atomic E-state index is 0.0397. The van der Waals surface area contributed by atoms with Gasteiger partial charge in [-0.05, 0) is 24.8 Å². The Labute approximate surface area is 89.3 Å². The van der Waals surface area contributed by atoms with Gasteiger partial charge in [0.15, 0.2) is 0 Å². The number of hydrogen-bond acceptors (Lipinski definition) is 3. The Morgan fingerprint density at radius 2 is 2.20 bits per heavy atom. The molecule has 1 saturated heterocycles. The molecule has 15 heavy (non-hydrogen) atoms. The first-order valence-corrected chi connectivity index (χ1v) is 5.33. The van der Waals surface area contributed by atoms with Gasteiger partial charge in [-0.3, -0.25) is 4.79 Å². The normalized spacial score (nSPS) is 21.4. The SMILES string of the molecule is CC1CCCN(C(=O)c2ncccn2)C1. The fraction of sp³-hybridized carbons (Fsp3) is 0.545. The molecule has 1 unspecified atom stereocenters. The standard InChI is InChI=1S/C11H15N3O/c1-9-4-2-7-14(8-9)11(15)10-12-5-3-6-13-10/h3,5-6,9H,2,4,7-8H2,1H3. The van der Waals surface area contributed by atoms with E-state index in [-0.39, 0.29) is 5.91 Å². The van der Waals surface area contributed by atoms with E-state index in [0.29, 0.717) is 11.7 Å². The van der Waals surface area contributed by atoms with Crippen molar-refractivity contribution in [3.63, 3.8) is 0 Å². The first-order valence-electron chi connectivity index (χ1n) is 5.33. The molecule has 1 aliphatic heterocycles. The van der Waals surface area contributed by atoms with Crippen molar-refractivity contribution < 1.29 is 4.79 Å². The third-order valence-corrected chi connectivity index (χ3v) is 2.70. The summed E-state index contributed by atoms with van der Waals surface area (Å²) in [6.07, 6.45) is 5.50. The van der Waals surface area contributed by atoms with E-state index < -0.39 is 0 Å². The highest BCUT2D eigenvalue weighted by molar-refractivity contribution is 5.90. The van der Waals surface area contributed by atoms with E-state index in [4.69, 9.17) is 0 Å². The van der Waals surface area contributed by atoms with E-state index in [1.165, 1.54) is 6.42 Å². The van der Waals surface area contributed by atoms with Crippen LogP contribution in [0.2, 0.25) is 0 Å². The van der Waals surface area contributed by atoms with Gasteiger partial charge in [0.1, 0.15) is 0 Å². The molecule has 1 aromatic rings. The van der Waals surface area contributed by atoms with Crippen molar-refractivity contribution in [2.75, 3.05) is 13.1 Å². The molecule has 80 valence electrons. The molecular weight excluding hydrogens is 190 g/mol. The van der Waals surface area contributed by atoms with E-state index >= 15 is 0 Å². The van der Waals surface area contributed by atoms with Crippen LogP contribution in [0.4, 0.5) is 0 Å². The highest BCUT2D eigenvalue weighted by atomic mass is 16.2. The number of nitrogens with zero attached hydrogens (tertiary/aromatic N) is 3. The Hall–Kier alpha value is -1.45. The second kappa shape index (κ2) is 4.38. The molecule has 0 aromatic carbocycles. The lowest BCUT2D eigenvalue weighted by Gasteiger charge is -2.30. The molecule has 1 aromatic heterocycles. The van der Waals surface area contributed by atoms with E-state index in [0.717, 1.165) is 19.5 Å². The quantitative estimate of drug-likeness (QED) is 0.695. The van der Waals surface area contributed by atoms with Gasteiger partial charge in [0.25, 0.3) is 5.91 Å². The van der Waals surface area contributed by atoms with Crippen molar-refractivity contribution in [1.29, 1.82) is 0 Å². The summed E-state index contributed by atoms with van der Waals surface area (Å²) in [5.41, 5.74) is 0. The largest absolute Gasteiger partial charge is 0.336 e. The van der Waals surface area contributed by atoms with E-state index in [1.807, 2.05) is 4.90 Å². The fourth-order valence-corrected chi connectivity index (χ4v) is 1.92. The number of likely N-dealkylation sites (tertiary alicyclic amines) is 1. The molecule has 1 atom stereocenters. The summed E-state index contributed by atoms with van der Waals surface area (Å²) in [6.45, 7) is 3.84. The fourth-order valence-electron chi connectivity index (χ4n) is 1.92. The summed E-state index contributed by atoms with van der Waals surface area (Å²) in [7, 11) is 0. The van der Waals surface area contributed by atoms with Crippen LogP contribution < -0.4 is 0 Å². The predicted octanol–water partition coefficient (Wildman–Crippen LogP) is 1.35. The molecule has 2 rings (SSSR count). The average Bonchev–Trinajstić information content (AvgIpc) is 2.29. The lowest BCUT2D eigenvalue weighted by molar-refractivity contribution is 0.0670. The maximum absolute atomic E-state index is 11.9. The van der Waals surface area contributed by atoms with Gasteiger partial charge in [0, 0.05) is 25.5 Å². The van der Waals surface area contributed by atoms with Crippen LogP contribution in [0.1, 0.15) is 30.4 Å². The molecule has 4 heteroatoms. The molecule has 1 aliphatic rings. The first kappa shape index (κ1) is 10.1. The number of carbonyl (C=O) groups excluding carboxylic acids is 1. The van der Waals surface area contributed by atoms with Gasteiger partial charge in [0.05, 0.1) is 0 Å². The maximum Gasteiger partial charge on any atom is 0.291 e. The van der Waals surface area contributed by atoms with Gasteiger partial charge in [-0.25, -0.2) is 9.97 Å². The third-order valence-electron chi connectivity index (χ3n) is 2.70. The molecule has 0 bridgehead atoms. The molecule has 2 heterocycles. The highest BCUT2D eigenvalue weighted by Gasteiger charge is 2.23. The lowest BCUT2D eigenvalue weighted by atomic mass is 10.0. The zero-order chi connectivity index (χ0) is 10.7. The summed E-state index contributed by atoms with van der Waals surface area (Å²) in [4.78, 5) is 21.8. The Bertz CT molecular complexity index is 339. The van der Waals surface area contributed by atoms with E-state index in [1.54, 1.807) is 18.5 Å². The van der Waals surface area contributed by atoms with E-state index in [2.05, 4.69) is 16.9 Å². The molecule has 0 radical (unpaired) electrons. The number of hydrogen-bond donors (Lipinski definition) is 0. The Morgan fingerprint density at radius 3 is 2.87 bits per heavy atom. The topological polar surface area (TPSA) is 46.1 Å². The van der Waals surface area contributed by atoms with Gasteiger partial charge < -0.3 is 4.90 Å². The summed E-state index contributed by atoms with van der Waals surface area (Å²) >= 11 is 0. The van der Waals surface area contributed by atoms with Crippen LogP contribution in [-0.2, 0) is 0 Å². The van der Waals surface area contributed by atoms with E-state index in [9.17, 15) is 4.79 Å². The molecule has 1 amide bonds. The summed E-state index contributed by atoms with van der Waals surface area (Å²) in [5.74, 6) is 0.861. The number of piperidine rings is 1. The number of rotatable bonds is 1. The Balaban J connectivity index is 2.08. The summed E-state index contributed by atoms with van der Waals surface area (Å²) in [5, 5.41) is 0. The van der Waals surface area contributed by atoms with Gasteiger partial charge in [-0.2, -0.15) is 0 Å². The van der Waals surface area contributed by atoms with Crippen LogP contribution in [0.15, 0.2) is 18.5 Å². The number of aromatic nitrogens is 2. The lowest BCUT2D eigenvalue weighted by Crippen LogP contribution is -2.39. The van der Waals surface area contributed by atoms with Crippen molar-refractivity contribution >= 4 is 5.91 Å². The molecule has 0 aliphatic carbocycles. The van der Waals surface area contributed by atoms with Crippen molar-refractivity contribution in [2.45, 2.75) is 19.8 Å². The minimum Gasteiger partial charge on any atom is -0.336 e. The van der Waals surface area contributed by atoms with Crippen LogP contribution in [0.25, 0.3) is 0 Å². The smallest absolute Gasteiger partial charge is 0.291 e. The van der Waals surface area contributed by atoms with Crippen molar-refractivity contribution in [3.8, 4) is 0 Å². The molecule has 1 fully saturated rings. The monoisotopic (exact) mass is 205 g/mol.